The Balaban J connectivity index is 2.22. The number of aromatic nitrogens is 2. The summed E-state index contributed by atoms with van der Waals surface area (Å²) in [4.78, 5) is 12.6. The Bertz CT molecular complexity index is 982. The molecule has 24 heavy (non-hydrogen) atoms. The molecule has 1 aliphatic heterocycles. The number of fused-ring (bicyclic) bond motifs is 1. The second-order valence-electron chi connectivity index (χ2n) is 5.61. The van der Waals surface area contributed by atoms with Crippen molar-refractivity contribution in [2.75, 3.05) is 11.0 Å². The van der Waals surface area contributed by atoms with Crippen LogP contribution in [0, 0.1) is 5.82 Å². The van der Waals surface area contributed by atoms with Crippen LogP contribution >= 0.6 is 23.2 Å². The van der Waals surface area contributed by atoms with E-state index in [2.05, 4.69) is 4.72 Å². The Labute approximate surface area is 147 Å². The lowest BCUT2D eigenvalue weighted by molar-refractivity contribution is 0.356. The minimum Gasteiger partial charge on any atom is -0.282 e. The quantitative estimate of drug-likeness (QED) is 0.870. The fourth-order valence-corrected chi connectivity index (χ4v) is 3.95. The van der Waals surface area contributed by atoms with Gasteiger partial charge >= 0.3 is 0 Å². The molecule has 0 bridgehead atoms. The maximum Gasteiger partial charge on any atom is 0.276 e. The average molecular weight is 394 g/mol. The molecule has 0 saturated heterocycles. The number of anilines is 1. The summed E-state index contributed by atoms with van der Waals surface area (Å²) in [5.41, 5.74) is -0.509. The molecular formula is C14H14Cl2FN3O3S. The van der Waals surface area contributed by atoms with Gasteiger partial charge in [0.25, 0.3) is 5.56 Å². The topological polar surface area (TPSA) is 73.1 Å². The molecule has 0 atom stereocenters. The minimum absolute atomic E-state index is 0.00397. The van der Waals surface area contributed by atoms with Crippen molar-refractivity contribution >= 4 is 38.9 Å². The van der Waals surface area contributed by atoms with Crippen LogP contribution in [0.4, 0.5) is 10.1 Å². The molecule has 1 aliphatic rings. The molecule has 0 amide bonds. The molecule has 0 unspecified atom stereocenters. The third kappa shape index (κ3) is 3.05. The average Bonchev–Trinajstić information content (AvgIpc) is 2.74. The van der Waals surface area contributed by atoms with E-state index in [1.165, 1.54) is 10.7 Å². The molecule has 1 aromatic carbocycles. The maximum absolute atomic E-state index is 14.4. The van der Waals surface area contributed by atoms with Crippen LogP contribution in [-0.2, 0) is 23.1 Å². The van der Waals surface area contributed by atoms with Crippen LogP contribution < -0.4 is 10.3 Å². The van der Waals surface area contributed by atoms with Crippen LogP contribution in [0.5, 0.6) is 0 Å². The van der Waals surface area contributed by atoms with Gasteiger partial charge in [-0.3, -0.25) is 14.2 Å². The third-order valence-electron chi connectivity index (χ3n) is 3.78. The maximum atomic E-state index is 14.4. The van der Waals surface area contributed by atoms with Crippen molar-refractivity contribution in [2.24, 2.45) is 0 Å². The van der Waals surface area contributed by atoms with Crippen LogP contribution in [0.15, 0.2) is 16.9 Å². The Morgan fingerprint density at radius 2 is 1.79 bits per heavy atom. The summed E-state index contributed by atoms with van der Waals surface area (Å²) < 4.78 is 42.5. The molecular weight excluding hydrogens is 380 g/mol. The summed E-state index contributed by atoms with van der Waals surface area (Å²) in [7, 11) is -3.61. The SMILES string of the molecule is CS(=O)(=O)Nc1cc(-c2c(Cl)n3n(c2=O)CCCC3)c(F)cc1Cl. The van der Waals surface area contributed by atoms with Crippen molar-refractivity contribution in [3.05, 3.63) is 38.5 Å². The first-order valence-corrected chi connectivity index (χ1v) is 9.80. The Hall–Kier alpha value is -1.51. The van der Waals surface area contributed by atoms with Crippen LogP contribution in [0.3, 0.4) is 0 Å². The standard InChI is InChI=1S/C14H14Cl2FN3O3S/c1-24(22,23)18-11-6-8(10(17)7-9(11)15)12-13(16)19-4-2-3-5-20(19)14(12)21/h6-7,18H,2-5H2,1H3. The molecule has 0 spiro atoms. The van der Waals surface area contributed by atoms with E-state index in [1.807, 2.05) is 0 Å². The second-order valence-corrected chi connectivity index (χ2v) is 8.12. The second kappa shape index (κ2) is 6.09. The molecule has 1 aromatic heterocycles. The summed E-state index contributed by atoms with van der Waals surface area (Å²) in [5.74, 6) is -0.749. The monoisotopic (exact) mass is 393 g/mol. The van der Waals surface area contributed by atoms with E-state index in [4.69, 9.17) is 23.2 Å². The van der Waals surface area contributed by atoms with Gasteiger partial charge in [-0.05, 0) is 25.0 Å². The van der Waals surface area contributed by atoms with Crippen molar-refractivity contribution in [3.8, 4) is 11.1 Å². The Morgan fingerprint density at radius 1 is 1.17 bits per heavy atom. The molecule has 10 heteroatoms. The van der Waals surface area contributed by atoms with E-state index in [0.717, 1.165) is 25.2 Å². The van der Waals surface area contributed by atoms with Gasteiger partial charge in [0.1, 0.15) is 11.0 Å². The number of hydrogen-bond donors (Lipinski definition) is 1. The van der Waals surface area contributed by atoms with Crippen molar-refractivity contribution in [1.29, 1.82) is 0 Å². The summed E-state index contributed by atoms with van der Waals surface area (Å²) in [6.45, 7) is 1.07. The molecule has 3 rings (SSSR count). The molecule has 1 N–H and O–H groups in total. The number of nitrogens with zero attached hydrogens (tertiary/aromatic N) is 2. The molecule has 0 radical (unpaired) electrons. The van der Waals surface area contributed by atoms with Gasteiger partial charge in [0.15, 0.2) is 0 Å². The summed E-state index contributed by atoms with van der Waals surface area (Å²) in [6.07, 6.45) is 2.66. The first-order chi connectivity index (χ1) is 11.2. The first-order valence-electron chi connectivity index (χ1n) is 7.15. The van der Waals surface area contributed by atoms with Crippen molar-refractivity contribution in [3.63, 3.8) is 0 Å². The highest BCUT2D eigenvalue weighted by atomic mass is 35.5. The van der Waals surface area contributed by atoms with Crippen LogP contribution in [0.1, 0.15) is 12.8 Å². The van der Waals surface area contributed by atoms with Crippen molar-refractivity contribution in [2.45, 2.75) is 25.9 Å². The van der Waals surface area contributed by atoms with Gasteiger partial charge in [-0.25, -0.2) is 17.5 Å². The lowest BCUT2D eigenvalue weighted by Gasteiger charge is -2.17. The number of halogens is 3. The smallest absolute Gasteiger partial charge is 0.276 e. The fraction of sp³-hybridized carbons (Fsp3) is 0.357. The van der Waals surface area contributed by atoms with E-state index < -0.39 is 21.4 Å². The minimum atomic E-state index is -3.61. The summed E-state index contributed by atoms with van der Waals surface area (Å²) >= 11 is 12.2. The van der Waals surface area contributed by atoms with Gasteiger partial charge in [-0.15, -0.1) is 0 Å². The first kappa shape index (κ1) is 17.3. The number of sulfonamides is 1. The van der Waals surface area contributed by atoms with Gasteiger partial charge in [0.05, 0.1) is 22.5 Å². The predicted molar refractivity (Wildman–Crippen MR) is 91.8 cm³/mol. The lowest BCUT2D eigenvalue weighted by atomic mass is 10.1. The van der Waals surface area contributed by atoms with Gasteiger partial charge < -0.3 is 0 Å². The van der Waals surface area contributed by atoms with Gasteiger partial charge in [0, 0.05) is 18.7 Å². The summed E-state index contributed by atoms with van der Waals surface area (Å²) in [6, 6.07) is 2.15. The van der Waals surface area contributed by atoms with E-state index in [9.17, 15) is 17.6 Å². The lowest BCUT2D eigenvalue weighted by Crippen LogP contribution is -2.27. The van der Waals surface area contributed by atoms with Crippen LogP contribution in [0.25, 0.3) is 11.1 Å². The molecule has 2 heterocycles. The molecule has 0 aliphatic carbocycles. The number of rotatable bonds is 3. The van der Waals surface area contributed by atoms with Crippen LogP contribution in [0.2, 0.25) is 10.2 Å². The third-order valence-corrected chi connectivity index (χ3v) is 5.07. The van der Waals surface area contributed by atoms with E-state index >= 15 is 0 Å². The number of benzene rings is 1. The van der Waals surface area contributed by atoms with E-state index in [0.29, 0.717) is 13.1 Å². The Kier molecular flexibility index (Phi) is 4.39. The predicted octanol–water partition coefficient (Wildman–Crippen LogP) is 2.93. The number of hydrogen-bond acceptors (Lipinski definition) is 3. The number of nitrogens with one attached hydrogen (secondary N) is 1. The molecule has 0 saturated carbocycles. The zero-order valence-corrected chi connectivity index (χ0v) is 15.0. The zero-order chi connectivity index (χ0) is 17.6. The highest BCUT2D eigenvalue weighted by Crippen LogP contribution is 2.34. The molecule has 130 valence electrons. The fourth-order valence-electron chi connectivity index (χ4n) is 2.77. The summed E-state index contributed by atoms with van der Waals surface area (Å²) in [5, 5.41) is 0.0214. The van der Waals surface area contributed by atoms with Gasteiger partial charge in [0.2, 0.25) is 10.0 Å². The van der Waals surface area contributed by atoms with Gasteiger partial charge in [-0.1, -0.05) is 23.2 Å². The Morgan fingerprint density at radius 3 is 2.38 bits per heavy atom. The van der Waals surface area contributed by atoms with Gasteiger partial charge in [-0.2, -0.15) is 0 Å². The molecule has 2 aromatic rings. The van der Waals surface area contributed by atoms with Crippen molar-refractivity contribution in [1.82, 2.24) is 9.36 Å². The van der Waals surface area contributed by atoms with Crippen LogP contribution in [-0.4, -0.2) is 24.0 Å². The van der Waals surface area contributed by atoms with E-state index in [-0.39, 0.29) is 27.0 Å². The highest BCUT2D eigenvalue weighted by Gasteiger charge is 2.25. The highest BCUT2D eigenvalue weighted by molar-refractivity contribution is 7.92. The normalized spacial score (nSPS) is 14.5. The largest absolute Gasteiger partial charge is 0.282 e. The van der Waals surface area contributed by atoms with E-state index in [1.54, 1.807) is 4.68 Å². The van der Waals surface area contributed by atoms with Crippen molar-refractivity contribution < 1.29 is 12.8 Å². The molecule has 6 nitrogen and oxygen atoms in total. The molecule has 0 fully saturated rings. The zero-order valence-electron chi connectivity index (χ0n) is 12.6.